The van der Waals surface area contributed by atoms with E-state index in [4.69, 9.17) is 10.9 Å². The molecular weight excluding hydrogens is 268 g/mol. The van der Waals surface area contributed by atoms with Crippen molar-refractivity contribution < 1.29 is 5.21 Å². The topological polar surface area (TPSA) is 58.6 Å². The van der Waals surface area contributed by atoms with Crippen LogP contribution in [0.2, 0.25) is 0 Å². The lowest BCUT2D eigenvalue weighted by Gasteiger charge is -2.10. The fourth-order valence-corrected chi connectivity index (χ4v) is 3.10. The highest BCUT2D eigenvalue weighted by Crippen LogP contribution is 2.28. The van der Waals surface area contributed by atoms with Crippen molar-refractivity contribution in [2.24, 2.45) is 10.9 Å². The Bertz CT molecular complexity index is 638. The zero-order valence-electron chi connectivity index (χ0n) is 11.6. The summed E-state index contributed by atoms with van der Waals surface area (Å²) in [6.45, 7) is 4.20. The lowest BCUT2D eigenvalue weighted by Crippen LogP contribution is -2.15. The standard InChI is InChI=1S/C16H18N2OS/c1-11-7-8-12(2)15(9-11)20-10-13-5-3-4-6-14(13)16(17)18-19/h3-9,19H,10H2,1-2H3,(H2,17,18). The number of rotatable bonds is 4. The molecule has 0 amide bonds. The second-order valence-electron chi connectivity index (χ2n) is 4.70. The molecule has 2 aromatic carbocycles. The Balaban J connectivity index is 2.21. The van der Waals surface area contributed by atoms with Gasteiger partial charge in [-0.25, -0.2) is 0 Å². The van der Waals surface area contributed by atoms with Crippen LogP contribution in [0.3, 0.4) is 0 Å². The van der Waals surface area contributed by atoms with Crippen LogP contribution in [0.25, 0.3) is 0 Å². The van der Waals surface area contributed by atoms with Gasteiger partial charge in [-0.05, 0) is 31.0 Å². The van der Waals surface area contributed by atoms with Crippen molar-refractivity contribution in [2.45, 2.75) is 24.5 Å². The van der Waals surface area contributed by atoms with Gasteiger partial charge in [0.15, 0.2) is 5.84 Å². The summed E-state index contributed by atoms with van der Waals surface area (Å²) in [5, 5.41) is 11.9. The third-order valence-electron chi connectivity index (χ3n) is 3.13. The molecule has 20 heavy (non-hydrogen) atoms. The van der Waals surface area contributed by atoms with Crippen molar-refractivity contribution in [3.63, 3.8) is 0 Å². The molecule has 0 atom stereocenters. The quantitative estimate of drug-likeness (QED) is 0.296. The Morgan fingerprint density at radius 2 is 1.95 bits per heavy atom. The van der Waals surface area contributed by atoms with Gasteiger partial charge in [0, 0.05) is 16.2 Å². The maximum Gasteiger partial charge on any atom is 0.170 e. The third-order valence-corrected chi connectivity index (χ3v) is 4.33. The van der Waals surface area contributed by atoms with Gasteiger partial charge in [-0.2, -0.15) is 0 Å². The van der Waals surface area contributed by atoms with Crippen molar-refractivity contribution in [3.05, 3.63) is 64.7 Å². The number of aryl methyl sites for hydroxylation is 2. The minimum Gasteiger partial charge on any atom is -0.409 e. The van der Waals surface area contributed by atoms with Gasteiger partial charge in [-0.1, -0.05) is 47.1 Å². The van der Waals surface area contributed by atoms with Gasteiger partial charge in [0.25, 0.3) is 0 Å². The summed E-state index contributed by atoms with van der Waals surface area (Å²) in [6, 6.07) is 14.2. The zero-order chi connectivity index (χ0) is 14.5. The molecule has 0 fully saturated rings. The maximum atomic E-state index is 8.83. The summed E-state index contributed by atoms with van der Waals surface area (Å²) in [5.74, 6) is 0.943. The lowest BCUT2D eigenvalue weighted by atomic mass is 10.1. The molecule has 0 aliphatic rings. The Labute approximate surface area is 123 Å². The molecule has 2 rings (SSSR count). The molecule has 0 saturated carbocycles. The molecule has 104 valence electrons. The van der Waals surface area contributed by atoms with E-state index in [0.29, 0.717) is 0 Å². The average molecular weight is 286 g/mol. The number of nitrogens with zero attached hydrogens (tertiary/aromatic N) is 1. The fourth-order valence-electron chi connectivity index (χ4n) is 1.97. The van der Waals surface area contributed by atoms with E-state index in [1.54, 1.807) is 11.8 Å². The van der Waals surface area contributed by atoms with Gasteiger partial charge in [0.05, 0.1) is 0 Å². The van der Waals surface area contributed by atoms with E-state index in [9.17, 15) is 0 Å². The summed E-state index contributed by atoms with van der Waals surface area (Å²) < 4.78 is 0. The first kappa shape index (κ1) is 14.5. The smallest absolute Gasteiger partial charge is 0.170 e. The van der Waals surface area contributed by atoms with Gasteiger partial charge in [-0.3, -0.25) is 0 Å². The lowest BCUT2D eigenvalue weighted by molar-refractivity contribution is 0.318. The summed E-state index contributed by atoms with van der Waals surface area (Å²) in [7, 11) is 0. The Kier molecular flexibility index (Phi) is 4.69. The highest BCUT2D eigenvalue weighted by molar-refractivity contribution is 7.98. The number of nitrogens with two attached hydrogens (primary N) is 1. The molecule has 0 radical (unpaired) electrons. The molecule has 0 aromatic heterocycles. The van der Waals surface area contributed by atoms with Crippen LogP contribution >= 0.6 is 11.8 Å². The first-order chi connectivity index (χ1) is 9.61. The minimum absolute atomic E-state index is 0.155. The second kappa shape index (κ2) is 6.48. The zero-order valence-corrected chi connectivity index (χ0v) is 12.4. The van der Waals surface area contributed by atoms with Gasteiger partial charge in [0.1, 0.15) is 0 Å². The highest BCUT2D eigenvalue weighted by atomic mass is 32.2. The summed E-state index contributed by atoms with van der Waals surface area (Å²) in [5.41, 5.74) is 10.1. The SMILES string of the molecule is Cc1ccc(C)c(SCc2ccccc2/C(N)=N/O)c1. The number of thioether (sulfide) groups is 1. The molecule has 0 spiro atoms. The molecule has 0 unspecified atom stereocenters. The molecule has 0 aliphatic heterocycles. The van der Waals surface area contributed by atoms with Crippen LogP contribution in [0.4, 0.5) is 0 Å². The van der Waals surface area contributed by atoms with Crippen LogP contribution in [-0.2, 0) is 5.75 Å². The molecule has 4 heteroatoms. The number of oxime groups is 1. The first-order valence-electron chi connectivity index (χ1n) is 6.37. The van der Waals surface area contributed by atoms with Crippen molar-refractivity contribution in [2.75, 3.05) is 0 Å². The molecule has 0 bridgehead atoms. The first-order valence-corrected chi connectivity index (χ1v) is 7.36. The van der Waals surface area contributed by atoms with Crippen LogP contribution in [0, 0.1) is 13.8 Å². The molecule has 3 N–H and O–H groups in total. The molecule has 3 nitrogen and oxygen atoms in total. The van der Waals surface area contributed by atoms with Crippen molar-refractivity contribution >= 4 is 17.6 Å². The van der Waals surface area contributed by atoms with Crippen molar-refractivity contribution in [1.29, 1.82) is 0 Å². The van der Waals surface area contributed by atoms with Crippen LogP contribution in [0.1, 0.15) is 22.3 Å². The predicted molar refractivity (Wildman–Crippen MR) is 84.4 cm³/mol. The maximum absolute atomic E-state index is 8.83. The Morgan fingerprint density at radius 1 is 1.20 bits per heavy atom. The average Bonchev–Trinajstić information content (AvgIpc) is 2.47. The van der Waals surface area contributed by atoms with Crippen molar-refractivity contribution in [3.8, 4) is 0 Å². The van der Waals surface area contributed by atoms with E-state index in [1.807, 2.05) is 24.3 Å². The van der Waals surface area contributed by atoms with Crippen LogP contribution in [0.5, 0.6) is 0 Å². The van der Waals surface area contributed by atoms with E-state index >= 15 is 0 Å². The third kappa shape index (κ3) is 3.33. The fraction of sp³-hybridized carbons (Fsp3) is 0.188. The summed E-state index contributed by atoms with van der Waals surface area (Å²) >= 11 is 1.76. The van der Waals surface area contributed by atoms with E-state index in [1.165, 1.54) is 16.0 Å². The molecule has 0 heterocycles. The van der Waals surface area contributed by atoms with E-state index in [2.05, 4.69) is 37.2 Å². The van der Waals surface area contributed by atoms with E-state index < -0.39 is 0 Å². The minimum atomic E-state index is 0.155. The molecular formula is C16H18N2OS. The molecule has 0 aliphatic carbocycles. The largest absolute Gasteiger partial charge is 0.409 e. The predicted octanol–water partition coefficient (Wildman–Crippen LogP) is 3.69. The van der Waals surface area contributed by atoms with Crippen LogP contribution in [0.15, 0.2) is 52.5 Å². The monoisotopic (exact) mass is 286 g/mol. The highest BCUT2D eigenvalue weighted by Gasteiger charge is 2.07. The molecule has 2 aromatic rings. The Hall–Kier alpha value is -1.94. The summed E-state index contributed by atoms with van der Waals surface area (Å²) in [4.78, 5) is 1.26. The van der Waals surface area contributed by atoms with Gasteiger partial charge >= 0.3 is 0 Å². The molecule has 0 saturated heterocycles. The van der Waals surface area contributed by atoms with Gasteiger partial charge < -0.3 is 10.9 Å². The number of benzene rings is 2. The second-order valence-corrected chi connectivity index (χ2v) is 5.72. The van der Waals surface area contributed by atoms with Gasteiger partial charge in [0.2, 0.25) is 0 Å². The number of hydrogen-bond acceptors (Lipinski definition) is 3. The van der Waals surface area contributed by atoms with E-state index in [0.717, 1.165) is 16.9 Å². The van der Waals surface area contributed by atoms with E-state index in [-0.39, 0.29) is 5.84 Å². The number of amidine groups is 1. The van der Waals surface area contributed by atoms with Crippen LogP contribution in [-0.4, -0.2) is 11.0 Å². The number of hydrogen-bond donors (Lipinski definition) is 2. The normalized spacial score (nSPS) is 11.6. The van der Waals surface area contributed by atoms with Gasteiger partial charge in [-0.15, -0.1) is 11.8 Å². The Morgan fingerprint density at radius 3 is 2.70 bits per heavy atom. The van der Waals surface area contributed by atoms with Crippen molar-refractivity contribution in [1.82, 2.24) is 0 Å². The van der Waals surface area contributed by atoms with Crippen LogP contribution < -0.4 is 5.73 Å². The summed E-state index contributed by atoms with van der Waals surface area (Å²) in [6.07, 6.45) is 0.